The molecule has 0 bridgehead atoms. The van der Waals surface area contributed by atoms with Crippen LogP contribution in [0.5, 0.6) is 0 Å². The zero-order valence-electron chi connectivity index (χ0n) is 21.2. The van der Waals surface area contributed by atoms with E-state index >= 15 is 4.39 Å². The third-order valence-corrected chi connectivity index (χ3v) is 7.39. The summed E-state index contributed by atoms with van der Waals surface area (Å²) in [6, 6.07) is 8.86. The predicted molar refractivity (Wildman–Crippen MR) is 143 cm³/mol. The Kier molecular flexibility index (Phi) is 6.58. The van der Waals surface area contributed by atoms with Gasteiger partial charge in [0.05, 0.1) is 5.69 Å². The van der Waals surface area contributed by atoms with Crippen molar-refractivity contribution in [2.24, 2.45) is 0 Å². The van der Waals surface area contributed by atoms with Crippen molar-refractivity contribution in [1.82, 2.24) is 5.32 Å². The lowest BCUT2D eigenvalue weighted by Gasteiger charge is -2.47. The zero-order chi connectivity index (χ0) is 25.7. The SMILES string of the molecule is CCCN1c2cc(F)c(/C=C3/C(=O)NC(=S)N(c4ccc(C)c(C)c4)C3=O)cc2C(C)CC1(C)C. The smallest absolute Gasteiger partial charge is 0.270 e. The Morgan fingerprint density at radius 3 is 2.54 bits per heavy atom. The summed E-state index contributed by atoms with van der Waals surface area (Å²) in [5, 5.41) is 2.60. The molecule has 1 atom stereocenters. The second-order valence-corrected chi connectivity index (χ2v) is 10.6. The molecule has 2 amide bonds. The fourth-order valence-electron chi connectivity index (χ4n) is 5.19. The summed E-state index contributed by atoms with van der Waals surface area (Å²) >= 11 is 5.30. The standard InChI is InChI=1S/C28H32FN3O2S/c1-7-10-31-24-14-23(29)19(12-21(24)18(4)15-28(31,5)6)13-22-25(33)30-27(35)32(26(22)34)20-9-8-16(2)17(3)11-20/h8-9,11-14,18H,7,10,15H2,1-6H3,(H,30,33,35)/b22-13-. The van der Waals surface area contributed by atoms with Crippen LogP contribution in [0, 0.1) is 19.7 Å². The largest absolute Gasteiger partial charge is 0.366 e. The number of nitrogens with zero attached hydrogens (tertiary/aromatic N) is 2. The molecule has 2 heterocycles. The van der Waals surface area contributed by atoms with E-state index in [4.69, 9.17) is 12.2 Å². The number of fused-ring (bicyclic) bond motifs is 1. The molecule has 35 heavy (non-hydrogen) atoms. The Labute approximate surface area is 212 Å². The van der Waals surface area contributed by atoms with Crippen LogP contribution in [-0.4, -0.2) is 29.0 Å². The average molecular weight is 494 g/mol. The van der Waals surface area contributed by atoms with Crippen molar-refractivity contribution in [3.8, 4) is 0 Å². The van der Waals surface area contributed by atoms with E-state index in [-0.39, 0.29) is 27.7 Å². The molecule has 0 radical (unpaired) electrons. The van der Waals surface area contributed by atoms with Crippen molar-refractivity contribution in [3.05, 3.63) is 64.0 Å². The molecule has 4 rings (SSSR count). The van der Waals surface area contributed by atoms with Crippen molar-refractivity contribution in [3.63, 3.8) is 0 Å². The highest BCUT2D eigenvalue weighted by Crippen LogP contribution is 2.44. The van der Waals surface area contributed by atoms with E-state index in [1.54, 1.807) is 18.2 Å². The highest BCUT2D eigenvalue weighted by Gasteiger charge is 2.38. The molecule has 2 aliphatic rings. The van der Waals surface area contributed by atoms with Gasteiger partial charge in [-0.2, -0.15) is 0 Å². The highest BCUT2D eigenvalue weighted by atomic mass is 32.1. The summed E-state index contributed by atoms with van der Waals surface area (Å²) in [6.45, 7) is 13.4. The zero-order valence-corrected chi connectivity index (χ0v) is 22.0. The lowest BCUT2D eigenvalue weighted by atomic mass is 9.79. The van der Waals surface area contributed by atoms with Crippen LogP contribution in [0.4, 0.5) is 15.8 Å². The molecule has 0 spiro atoms. The Morgan fingerprint density at radius 1 is 1.17 bits per heavy atom. The number of hydrogen-bond acceptors (Lipinski definition) is 4. The third kappa shape index (κ3) is 4.49. The van der Waals surface area contributed by atoms with Gasteiger partial charge in [0.1, 0.15) is 11.4 Å². The van der Waals surface area contributed by atoms with E-state index < -0.39 is 17.6 Å². The number of carbonyl (C=O) groups excluding carboxylic acids is 2. The number of anilines is 2. The highest BCUT2D eigenvalue weighted by molar-refractivity contribution is 7.80. The third-order valence-electron chi connectivity index (χ3n) is 7.10. The molecule has 0 saturated carbocycles. The second-order valence-electron chi connectivity index (χ2n) is 10.2. The summed E-state index contributed by atoms with van der Waals surface area (Å²) in [4.78, 5) is 29.7. The van der Waals surface area contributed by atoms with Gasteiger partial charge >= 0.3 is 0 Å². The molecule has 2 aromatic rings. The predicted octanol–water partition coefficient (Wildman–Crippen LogP) is 5.78. The monoisotopic (exact) mass is 493 g/mol. The minimum absolute atomic E-state index is 0.0115. The lowest BCUT2D eigenvalue weighted by molar-refractivity contribution is -0.122. The molecule has 0 aromatic heterocycles. The van der Waals surface area contributed by atoms with E-state index in [0.29, 0.717) is 5.69 Å². The second kappa shape index (κ2) is 9.19. The van der Waals surface area contributed by atoms with Crippen LogP contribution in [-0.2, 0) is 9.59 Å². The molecule has 2 aliphatic heterocycles. The number of nitrogens with one attached hydrogen (secondary N) is 1. The summed E-state index contributed by atoms with van der Waals surface area (Å²) < 4.78 is 15.4. The van der Waals surface area contributed by atoms with Gasteiger partial charge in [0.2, 0.25) is 0 Å². The molecular weight excluding hydrogens is 461 g/mol. The van der Waals surface area contributed by atoms with Crippen LogP contribution in [0.1, 0.15) is 68.7 Å². The Hall–Kier alpha value is -3.06. The number of hydrogen-bond donors (Lipinski definition) is 1. The molecule has 2 aromatic carbocycles. The molecule has 5 nitrogen and oxygen atoms in total. The number of carbonyl (C=O) groups is 2. The molecule has 1 N–H and O–H groups in total. The van der Waals surface area contributed by atoms with Gasteiger partial charge in [0.25, 0.3) is 11.8 Å². The van der Waals surface area contributed by atoms with E-state index in [9.17, 15) is 9.59 Å². The topological polar surface area (TPSA) is 52.7 Å². The number of aryl methyl sites for hydroxylation is 2. The minimum atomic E-state index is -0.626. The van der Waals surface area contributed by atoms with Crippen molar-refractivity contribution in [2.75, 3.05) is 16.3 Å². The molecule has 1 saturated heterocycles. The quantitative estimate of drug-likeness (QED) is 0.333. The van der Waals surface area contributed by atoms with Crippen molar-refractivity contribution < 1.29 is 14.0 Å². The number of halogens is 1. The first kappa shape index (κ1) is 25.0. The number of benzene rings is 2. The fraction of sp³-hybridized carbons (Fsp3) is 0.393. The van der Waals surface area contributed by atoms with Crippen LogP contribution in [0.15, 0.2) is 35.9 Å². The first-order valence-corrected chi connectivity index (χ1v) is 12.4. The van der Waals surface area contributed by atoms with Gasteiger partial charge in [0.15, 0.2) is 5.11 Å². The molecule has 0 aliphatic carbocycles. The molecule has 1 fully saturated rings. The van der Waals surface area contributed by atoms with Gasteiger partial charge in [-0.1, -0.05) is 19.9 Å². The Balaban J connectivity index is 1.77. The van der Waals surface area contributed by atoms with Gasteiger partial charge in [-0.3, -0.25) is 19.8 Å². The lowest BCUT2D eigenvalue weighted by Crippen LogP contribution is -2.54. The number of rotatable bonds is 4. The normalized spacial score (nSPS) is 20.8. The molecule has 1 unspecified atom stereocenters. The van der Waals surface area contributed by atoms with Crippen molar-refractivity contribution >= 4 is 46.6 Å². The van der Waals surface area contributed by atoms with Crippen molar-refractivity contribution in [1.29, 1.82) is 0 Å². The summed E-state index contributed by atoms with van der Waals surface area (Å²) in [7, 11) is 0. The molecular formula is C28H32FN3O2S. The summed E-state index contributed by atoms with van der Waals surface area (Å²) in [5.41, 5.74) is 4.53. The van der Waals surface area contributed by atoms with Crippen LogP contribution in [0.25, 0.3) is 6.08 Å². The van der Waals surface area contributed by atoms with E-state index in [1.807, 2.05) is 26.0 Å². The maximum Gasteiger partial charge on any atom is 0.270 e. The van der Waals surface area contributed by atoms with Crippen LogP contribution < -0.4 is 15.1 Å². The van der Waals surface area contributed by atoms with Gasteiger partial charge in [-0.25, -0.2) is 4.39 Å². The first-order valence-electron chi connectivity index (χ1n) is 12.0. The molecule has 7 heteroatoms. The summed E-state index contributed by atoms with van der Waals surface area (Å²) in [5.74, 6) is -1.45. The van der Waals surface area contributed by atoms with Gasteiger partial charge < -0.3 is 4.90 Å². The van der Waals surface area contributed by atoms with Crippen LogP contribution in [0.3, 0.4) is 0 Å². The average Bonchev–Trinajstić information content (AvgIpc) is 2.76. The summed E-state index contributed by atoms with van der Waals surface area (Å²) in [6.07, 6.45) is 3.23. The molecule has 184 valence electrons. The first-order chi connectivity index (χ1) is 16.4. The van der Waals surface area contributed by atoms with Crippen LogP contribution >= 0.6 is 12.2 Å². The fourth-order valence-corrected chi connectivity index (χ4v) is 5.47. The number of amides is 2. The number of thiocarbonyl (C=S) groups is 1. The van der Waals surface area contributed by atoms with E-state index in [1.165, 1.54) is 11.0 Å². The van der Waals surface area contributed by atoms with Gasteiger partial charge in [-0.05, 0) is 106 Å². The van der Waals surface area contributed by atoms with Crippen molar-refractivity contribution in [2.45, 2.75) is 65.8 Å². The van der Waals surface area contributed by atoms with Crippen LogP contribution in [0.2, 0.25) is 0 Å². The van der Waals surface area contributed by atoms with E-state index in [0.717, 1.165) is 41.8 Å². The van der Waals surface area contributed by atoms with Gasteiger partial charge in [0, 0.05) is 23.3 Å². The maximum atomic E-state index is 15.4. The van der Waals surface area contributed by atoms with Gasteiger partial charge in [-0.15, -0.1) is 0 Å². The Morgan fingerprint density at radius 2 is 1.89 bits per heavy atom. The minimum Gasteiger partial charge on any atom is -0.366 e. The van der Waals surface area contributed by atoms with E-state index in [2.05, 4.69) is 37.9 Å². The Bertz CT molecular complexity index is 1270. The maximum absolute atomic E-state index is 15.4.